The van der Waals surface area contributed by atoms with E-state index in [4.69, 9.17) is 9.72 Å². The van der Waals surface area contributed by atoms with Crippen LogP contribution in [0.4, 0.5) is 10.8 Å². The Morgan fingerprint density at radius 1 is 1.10 bits per heavy atom. The number of hydrogen-bond acceptors (Lipinski definition) is 5. The van der Waals surface area contributed by atoms with Gasteiger partial charge in [-0.05, 0) is 43.9 Å². The van der Waals surface area contributed by atoms with Crippen LogP contribution in [0, 0.1) is 5.92 Å². The number of amides is 1. The molecule has 2 aliphatic rings. The molecule has 1 aromatic heterocycles. The maximum absolute atomic E-state index is 12.7. The molecule has 0 radical (unpaired) electrons. The van der Waals surface area contributed by atoms with Gasteiger partial charge < -0.3 is 15.0 Å². The van der Waals surface area contributed by atoms with Crippen molar-refractivity contribution in [1.29, 1.82) is 0 Å². The molecule has 5 rings (SSSR count). The largest absolute Gasteiger partial charge is 0.372 e. The predicted octanol–water partition coefficient (Wildman–Crippen LogP) is 5.17. The summed E-state index contributed by atoms with van der Waals surface area (Å²) >= 11 is 1.66. The van der Waals surface area contributed by atoms with Crippen molar-refractivity contribution in [2.75, 3.05) is 23.3 Å². The van der Waals surface area contributed by atoms with Gasteiger partial charge in [-0.3, -0.25) is 4.79 Å². The summed E-state index contributed by atoms with van der Waals surface area (Å²) < 4.78 is 5.84. The maximum atomic E-state index is 12.7. The van der Waals surface area contributed by atoms with E-state index in [9.17, 15) is 4.79 Å². The Kier molecular flexibility index (Phi) is 5.50. The summed E-state index contributed by atoms with van der Waals surface area (Å²) in [4.78, 5) is 19.9. The number of benzene rings is 2. The minimum Gasteiger partial charge on any atom is -0.372 e. The lowest BCUT2D eigenvalue weighted by Gasteiger charge is -2.35. The smallest absolute Gasteiger partial charge is 0.228 e. The molecular weight excluding hydrogens is 406 g/mol. The van der Waals surface area contributed by atoms with Crippen LogP contribution in [-0.2, 0) is 9.53 Å². The second-order valence-electron chi connectivity index (χ2n) is 8.61. The van der Waals surface area contributed by atoms with Crippen molar-refractivity contribution >= 4 is 28.1 Å². The van der Waals surface area contributed by atoms with E-state index in [-0.39, 0.29) is 24.0 Å². The van der Waals surface area contributed by atoms with Crippen molar-refractivity contribution in [1.82, 2.24) is 4.98 Å². The average Bonchev–Trinajstić information content (AvgIpc) is 3.42. The van der Waals surface area contributed by atoms with Gasteiger partial charge in [0.2, 0.25) is 5.91 Å². The summed E-state index contributed by atoms with van der Waals surface area (Å²) in [6.45, 7) is 5.92. The Morgan fingerprint density at radius 2 is 1.87 bits per heavy atom. The van der Waals surface area contributed by atoms with Gasteiger partial charge in [-0.25, -0.2) is 4.98 Å². The Hall–Kier alpha value is -2.70. The number of nitrogens with zero attached hydrogens (tertiary/aromatic N) is 2. The molecule has 6 heteroatoms. The quantitative estimate of drug-likeness (QED) is 0.603. The SMILES string of the molecule is CC1CN(c2nc(-c3cccc(NC(=O)C4CC4c4ccccc4)c3)cs2)CC(C)O1. The zero-order chi connectivity index (χ0) is 21.4. The van der Waals surface area contributed by atoms with Crippen LogP contribution in [0.5, 0.6) is 0 Å². The number of rotatable bonds is 5. The van der Waals surface area contributed by atoms with Gasteiger partial charge in [0.1, 0.15) is 0 Å². The zero-order valence-corrected chi connectivity index (χ0v) is 18.6. The molecule has 0 spiro atoms. The minimum atomic E-state index is 0.0576. The first-order valence-corrected chi connectivity index (χ1v) is 11.8. The van der Waals surface area contributed by atoms with Crippen molar-refractivity contribution in [2.45, 2.75) is 38.4 Å². The maximum Gasteiger partial charge on any atom is 0.228 e. The van der Waals surface area contributed by atoms with Gasteiger partial charge in [0.25, 0.3) is 0 Å². The van der Waals surface area contributed by atoms with E-state index in [1.165, 1.54) is 5.56 Å². The Bertz CT molecular complexity index is 1060. The highest BCUT2D eigenvalue weighted by Gasteiger charge is 2.43. The van der Waals surface area contributed by atoms with Crippen LogP contribution in [0.2, 0.25) is 0 Å². The predicted molar refractivity (Wildman–Crippen MR) is 126 cm³/mol. The van der Waals surface area contributed by atoms with Gasteiger partial charge in [0.15, 0.2) is 5.13 Å². The number of hydrogen-bond donors (Lipinski definition) is 1. The van der Waals surface area contributed by atoms with Crippen molar-refractivity contribution < 1.29 is 9.53 Å². The standard InChI is InChI=1S/C25H27N3O2S/c1-16-13-28(14-17(2)30-16)25-27-23(15-31-25)19-9-6-10-20(11-19)26-24(29)22-12-21(22)18-7-4-3-5-8-18/h3-11,15-17,21-22H,12-14H2,1-2H3,(H,26,29). The highest BCUT2D eigenvalue weighted by Crippen LogP contribution is 2.48. The van der Waals surface area contributed by atoms with Crippen LogP contribution < -0.4 is 10.2 Å². The van der Waals surface area contributed by atoms with Crippen molar-refractivity contribution in [3.8, 4) is 11.3 Å². The molecule has 2 aromatic carbocycles. The van der Waals surface area contributed by atoms with Crippen LogP contribution in [0.25, 0.3) is 11.3 Å². The first-order valence-electron chi connectivity index (χ1n) is 10.9. The van der Waals surface area contributed by atoms with E-state index < -0.39 is 0 Å². The molecule has 160 valence electrons. The third-order valence-corrected chi connectivity index (χ3v) is 6.86. The van der Waals surface area contributed by atoms with Gasteiger partial charge >= 0.3 is 0 Å². The molecule has 4 unspecified atom stereocenters. The normalized spacial score (nSPS) is 25.3. The highest BCUT2D eigenvalue weighted by atomic mass is 32.1. The Morgan fingerprint density at radius 3 is 2.65 bits per heavy atom. The molecule has 3 aromatic rings. The fourth-order valence-corrected chi connectivity index (χ4v) is 5.28. The first-order chi connectivity index (χ1) is 15.1. The molecule has 1 N–H and O–H groups in total. The summed E-state index contributed by atoms with van der Waals surface area (Å²) in [5, 5.41) is 6.22. The monoisotopic (exact) mass is 433 g/mol. The molecule has 0 bridgehead atoms. The number of morpholine rings is 1. The third kappa shape index (κ3) is 4.50. The summed E-state index contributed by atoms with van der Waals surface area (Å²) in [5.41, 5.74) is 4.03. The molecule has 1 saturated carbocycles. The van der Waals surface area contributed by atoms with Gasteiger partial charge in [-0.2, -0.15) is 0 Å². The molecular formula is C25H27N3O2S. The highest BCUT2D eigenvalue weighted by molar-refractivity contribution is 7.14. The Balaban J connectivity index is 1.26. The van der Waals surface area contributed by atoms with Crippen molar-refractivity contribution in [2.24, 2.45) is 5.92 Å². The lowest BCUT2D eigenvalue weighted by molar-refractivity contribution is -0.117. The van der Waals surface area contributed by atoms with Crippen LogP contribution >= 0.6 is 11.3 Å². The van der Waals surface area contributed by atoms with Gasteiger partial charge in [0.05, 0.1) is 17.9 Å². The molecule has 31 heavy (non-hydrogen) atoms. The third-order valence-electron chi connectivity index (χ3n) is 5.96. The van der Waals surface area contributed by atoms with E-state index in [1.807, 2.05) is 42.5 Å². The molecule has 1 aliphatic heterocycles. The fraction of sp³-hybridized carbons (Fsp3) is 0.360. The summed E-state index contributed by atoms with van der Waals surface area (Å²) in [7, 11) is 0. The molecule has 2 heterocycles. The van der Waals surface area contributed by atoms with Gasteiger partial charge in [0, 0.05) is 35.6 Å². The summed E-state index contributed by atoms with van der Waals surface area (Å²) in [6.07, 6.45) is 1.33. The second-order valence-corrected chi connectivity index (χ2v) is 9.44. The van der Waals surface area contributed by atoms with Gasteiger partial charge in [-0.1, -0.05) is 42.5 Å². The number of anilines is 2. The second kappa shape index (κ2) is 8.44. The lowest BCUT2D eigenvalue weighted by atomic mass is 10.1. The van der Waals surface area contributed by atoms with E-state index >= 15 is 0 Å². The number of ether oxygens (including phenoxy) is 1. The van der Waals surface area contributed by atoms with Gasteiger partial charge in [-0.15, -0.1) is 11.3 Å². The van der Waals surface area contributed by atoms with Crippen LogP contribution in [0.1, 0.15) is 31.7 Å². The number of aromatic nitrogens is 1. The van der Waals surface area contributed by atoms with E-state index in [0.717, 1.165) is 41.6 Å². The van der Waals surface area contributed by atoms with Crippen LogP contribution in [-0.4, -0.2) is 36.2 Å². The number of nitrogens with one attached hydrogen (secondary N) is 1. The molecule has 2 fully saturated rings. The molecule has 4 atom stereocenters. The van der Waals surface area contributed by atoms with Crippen LogP contribution in [0.15, 0.2) is 60.0 Å². The zero-order valence-electron chi connectivity index (χ0n) is 17.8. The summed E-state index contributed by atoms with van der Waals surface area (Å²) in [6, 6.07) is 18.3. The molecule has 1 amide bonds. The van der Waals surface area contributed by atoms with Crippen molar-refractivity contribution in [3.63, 3.8) is 0 Å². The van der Waals surface area contributed by atoms with E-state index in [2.05, 4.69) is 41.6 Å². The van der Waals surface area contributed by atoms with E-state index in [1.54, 1.807) is 11.3 Å². The lowest BCUT2D eigenvalue weighted by Crippen LogP contribution is -2.45. The topological polar surface area (TPSA) is 54.5 Å². The van der Waals surface area contributed by atoms with Crippen molar-refractivity contribution in [3.05, 3.63) is 65.5 Å². The molecule has 1 saturated heterocycles. The number of thiazole rings is 1. The number of carbonyl (C=O) groups is 1. The average molecular weight is 434 g/mol. The Labute approximate surface area is 187 Å². The molecule has 1 aliphatic carbocycles. The fourth-order valence-electron chi connectivity index (χ4n) is 4.42. The molecule has 5 nitrogen and oxygen atoms in total. The van der Waals surface area contributed by atoms with E-state index in [0.29, 0.717) is 5.92 Å². The minimum absolute atomic E-state index is 0.0576. The van der Waals surface area contributed by atoms with Crippen LogP contribution in [0.3, 0.4) is 0 Å². The summed E-state index contributed by atoms with van der Waals surface area (Å²) in [5.74, 6) is 0.493. The number of carbonyl (C=O) groups excluding carboxylic acids is 1. The first kappa shape index (κ1) is 20.2.